The topological polar surface area (TPSA) is 24.5 Å². The van der Waals surface area contributed by atoms with E-state index in [1.54, 1.807) is 0 Å². The minimum absolute atomic E-state index is 0.721. The van der Waals surface area contributed by atoms with Gasteiger partial charge in [0.05, 0.1) is 6.61 Å². The smallest absolute Gasteiger partial charge is 0.123 e. The molecule has 0 aliphatic rings. The summed E-state index contributed by atoms with van der Waals surface area (Å²) in [7, 11) is 0. The SMILES string of the molecule is CCOc1ccccc1CNCCCN(CC)CC. The lowest BCUT2D eigenvalue weighted by Gasteiger charge is -2.18. The fraction of sp³-hybridized carbons (Fsp3) is 0.625. The zero-order valence-corrected chi connectivity index (χ0v) is 12.6. The van der Waals surface area contributed by atoms with Gasteiger partial charge in [0.15, 0.2) is 0 Å². The van der Waals surface area contributed by atoms with Gasteiger partial charge in [-0.2, -0.15) is 0 Å². The van der Waals surface area contributed by atoms with E-state index in [-0.39, 0.29) is 0 Å². The first-order chi connectivity index (χ1) is 9.31. The molecule has 0 bridgehead atoms. The molecule has 108 valence electrons. The number of nitrogens with one attached hydrogen (secondary N) is 1. The summed E-state index contributed by atoms with van der Waals surface area (Å²) in [4.78, 5) is 2.45. The number of benzene rings is 1. The predicted octanol–water partition coefficient (Wildman–Crippen LogP) is 2.91. The first-order valence-corrected chi connectivity index (χ1v) is 7.45. The van der Waals surface area contributed by atoms with Crippen LogP contribution in [0.25, 0.3) is 0 Å². The number of rotatable bonds is 10. The third-order valence-corrected chi connectivity index (χ3v) is 3.31. The molecular formula is C16H28N2O. The van der Waals surface area contributed by atoms with Gasteiger partial charge in [-0.3, -0.25) is 0 Å². The van der Waals surface area contributed by atoms with Gasteiger partial charge in [-0.1, -0.05) is 32.0 Å². The van der Waals surface area contributed by atoms with Gasteiger partial charge >= 0.3 is 0 Å². The van der Waals surface area contributed by atoms with Crippen LogP contribution in [0.15, 0.2) is 24.3 Å². The van der Waals surface area contributed by atoms with Crippen LogP contribution in [0.5, 0.6) is 5.75 Å². The summed E-state index contributed by atoms with van der Waals surface area (Å²) in [6, 6.07) is 8.25. The van der Waals surface area contributed by atoms with Gasteiger partial charge in [-0.15, -0.1) is 0 Å². The van der Waals surface area contributed by atoms with E-state index in [4.69, 9.17) is 4.74 Å². The van der Waals surface area contributed by atoms with E-state index in [9.17, 15) is 0 Å². The normalized spacial score (nSPS) is 10.9. The molecular weight excluding hydrogens is 236 g/mol. The number of nitrogens with zero attached hydrogens (tertiary/aromatic N) is 1. The Morgan fingerprint density at radius 3 is 2.53 bits per heavy atom. The van der Waals surface area contributed by atoms with Crippen LogP contribution in [0.2, 0.25) is 0 Å². The molecule has 1 rings (SSSR count). The van der Waals surface area contributed by atoms with E-state index >= 15 is 0 Å². The summed E-state index contributed by atoms with van der Waals surface area (Å²) in [5.41, 5.74) is 1.24. The molecule has 0 aliphatic carbocycles. The number of hydrogen-bond acceptors (Lipinski definition) is 3. The second kappa shape index (κ2) is 9.82. The highest BCUT2D eigenvalue weighted by atomic mass is 16.5. The maximum Gasteiger partial charge on any atom is 0.123 e. The molecule has 1 N–H and O–H groups in total. The standard InChI is InChI=1S/C16H28N2O/c1-4-18(5-2)13-9-12-17-14-15-10-7-8-11-16(15)19-6-3/h7-8,10-11,17H,4-6,9,12-14H2,1-3H3. The van der Waals surface area contributed by atoms with Crippen LogP contribution >= 0.6 is 0 Å². The van der Waals surface area contributed by atoms with Crippen molar-refractivity contribution in [2.24, 2.45) is 0 Å². The fourth-order valence-corrected chi connectivity index (χ4v) is 2.14. The van der Waals surface area contributed by atoms with Gasteiger partial charge in [0.1, 0.15) is 5.75 Å². The van der Waals surface area contributed by atoms with E-state index in [0.717, 1.165) is 38.5 Å². The van der Waals surface area contributed by atoms with Gasteiger partial charge in [0.2, 0.25) is 0 Å². The Hall–Kier alpha value is -1.06. The maximum absolute atomic E-state index is 5.62. The van der Waals surface area contributed by atoms with E-state index in [0.29, 0.717) is 0 Å². The van der Waals surface area contributed by atoms with E-state index in [2.05, 4.69) is 36.2 Å². The van der Waals surface area contributed by atoms with E-state index in [1.165, 1.54) is 18.5 Å². The highest BCUT2D eigenvalue weighted by Crippen LogP contribution is 2.17. The largest absolute Gasteiger partial charge is 0.494 e. The molecule has 0 fully saturated rings. The Morgan fingerprint density at radius 2 is 1.84 bits per heavy atom. The van der Waals surface area contributed by atoms with Crippen LogP contribution in [0.3, 0.4) is 0 Å². The van der Waals surface area contributed by atoms with Crippen LogP contribution in [-0.4, -0.2) is 37.7 Å². The van der Waals surface area contributed by atoms with Crippen LogP contribution in [0, 0.1) is 0 Å². The van der Waals surface area contributed by atoms with Gasteiger partial charge in [0.25, 0.3) is 0 Å². The van der Waals surface area contributed by atoms with Crippen molar-refractivity contribution in [3.63, 3.8) is 0 Å². The summed E-state index contributed by atoms with van der Waals surface area (Å²) < 4.78 is 5.62. The summed E-state index contributed by atoms with van der Waals surface area (Å²) in [5, 5.41) is 3.50. The molecule has 0 saturated heterocycles. The van der Waals surface area contributed by atoms with Crippen molar-refractivity contribution in [2.45, 2.75) is 33.7 Å². The Kier molecular flexibility index (Phi) is 8.26. The highest BCUT2D eigenvalue weighted by molar-refractivity contribution is 5.33. The molecule has 0 saturated carbocycles. The molecule has 0 amide bonds. The van der Waals surface area contributed by atoms with Crippen LogP contribution < -0.4 is 10.1 Å². The van der Waals surface area contributed by atoms with Crippen molar-refractivity contribution >= 4 is 0 Å². The average molecular weight is 264 g/mol. The first kappa shape index (κ1) is 16.0. The predicted molar refractivity (Wildman–Crippen MR) is 81.7 cm³/mol. The van der Waals surface area contributed by atoms with Crippen molar-refractivity contribution in [2.75, 3.05) is 32.8 Å². The lowest BCUT2D eigenvalue weighted by atomic mass is 10.2. The monoisotopic (exact) mass is 264 g/mol. The minimum atomic E-state index is 0.721. The van der Waals surface area contributed by atoms with Crippen molar-refractivity contribution in [1.29, 1.82) is 0 Å². The van der Waals surface area contributed by atoms with Gasteiger partial charge < -0.3 is 15.0 Å². The van der Waals surface area contributed by atoms with Gasteiger partial charge in [-0.05, 0) is 45.6 Å². The summed E-state index contributed by atoms with van der Waals surface area (Å²) in [6.07, 6.45) is 1.19. The second-order valence-electron chi connectivity index (χ2n) is 4.60. The molecule has 1 aromatic carbocycles. The Morgan fingerprint density at radius 1 is 1.11 bits per heavy atom. The van der Waals surface area contributed by atoms with Crippen molar-refractivity contribution in [1.82, 2.24) is 10.2 Å². The van der Waals surface area contributed by atoms with Crippen LogP contribution in [0.1, 0.15) is 32.8 Å². The minimum Gasteiger partial charge on any atom is -0.494 e. The van der Waals surface area contributed by atoms with Gasteiger partial charge in [0, 0.05) is 12.1 Å². The molecule has 0 spiro atoms. The zero-order valence-electron chi connectivity index (χ0n) is 12.6. The Balaban J connectivity index is 2.25. The van der Waals surface area contributed by atoms with E-state index < -0.39 is 0 Å². The lowest BCUT2D eigenvalue weighted by Crippen LogP contribution is -2.27. The van der Waals surface area contributed by atoms with Crippen LogP contribution in [-0.2, 0) is 6.54 Å². The summed E-state index contributed by atoms with van der Waals surface area (Å²) in [5.74, 6) is 1.00. The number of ether oxygens (including phenoxy) is 1. The van der Waals surface area contributed by atoms with Crippen molar-refractivity contribution in [3.05, 3.63) is 29.8 Å². The lowest BCUT2D eigenvalue weighted by molar-refractivity contribution is 0.297. The second-order valence-corrected chi connectivity index (χ2v) is 4.60. The molecule has 1 aromatic rings. The third kappa shape index (κ3) is 6.08. The molecule has 3 nitrogen and oxygen atoms in total. The molecule has 0 aromatic heterocycles. The molecule has 0 heterocycles. The number of hydrogen-bond donors (Lipinski definition) is 1. The van der Waals surface area contributed by atoms with Crippen molar-refractivity contribution in [3.8, 4) is 5.75 Å². The summed E-state index contributed by atoms with van der Waals surface area (Å²) in [6.45, 7) is 12.6. The third-order valence-electron chi connectivity index (χ3n) is 3.31. The molecule has 3 heteroatoms. The Labute approximate surface area is 118 Å². The maximum atomic E-state index is 5.62. The molecule has 19 heavy (non-hydrogen) atoms. The molecule has 0 radical (unpaired) electrons. The summed E-state index contributed by atoms with van der Waals surface area (Å²) >= 11 is 0. The molecule has 0 aliphatic heterocycles. The van der Waals surface area contributed by atoms with Gasteiger partial charge in [-0.25, -0.2) is 0 Å². The van der Waals surface area contributed by atoms with E-state index in [1.807, 2.05) is 19.1 Å². The molecule has 0 unspecified atom stereocenters. The highest BCUT2D eigenvalue weighted by Gasteiger charge is 2.02. The van der Waals surface area contributed by atoms with Crippen LogP contribution in [0.4, 0.5) is 0 Å². The average Bonchev–Trinajstić information content (AvgIpc) is 2.45. The zero-order chi connectivity index (χ0) is 13.9. The molecule has 0 atom stereocenters. The van der Waals surface area contributed by atoms with Crippen molar-refractivity contribution < 1.29 is 4.74 Å². The fourth-order valence-electron chi connectivity index (χ4n) is 2.14. The Bertz CT molecular complexity index is 337. The number of para-hydroxylation sites is 1. The quantitative estimate of drug-likeness (QED) is 0.658. The first-order valence-electron chi connectivity index (χ1n) is 7.45.